The molecule has 20 heavy (non-hydrogen) atoms. The van der Waals surface area contributed by atoms with Crippen molar-refractivity contribution in [1.82, 2.24) is 10.1 Å². The van der Waals surface area contributed by atoms with Crippen LogP contribution < -0.4 is 0 Å². The molecule has 0 fully saturated rings. The van der Waals surface area contributed by atoms with Gasteiger partial charge in [0, 0.05) is 16.2 Å². The third-order valence-electron chi connectivity index (χ3n) is 2.60. The van der Waals surface area contributed by atoms with Crippen LogP contribution in [0.2, 0.25) is 4.34 Å². The largest absolute Gasteiger partial charge is 0.338 e. The van der Waals surface area contributed by atoms with Crippen molar-refractivity contribution in [3.05, 3.63) is 57.6 Å². The Bertz CT molecular complexity index is 681. The van der Waals surface area contributed by atoms with Crippen LogP contribution in [0.4, 0.5) is 0 Å². The van der Waals surface area contributed by atoms with Crippen LogP contribution in [0.15, 0.2) is 47.0 Å². The lowest BCUT2D eigenvalue weighted by molar-refractivity contribution is 0.391. The van der Waals surface area contributed by atoms with Crippen LogP contribution in [-0.2, 0) is 11.5 Å². The first-order chi connectivity index (χ1) is 9.81. The van der Waals surface area contributed by atoms with Gasteiger partial charge in [0.1, 0.15) is 0 Å². The number of aromatic nitrogens is 2. The summed E-state index contributed by atoms with van der Waals surface area (Å²) < 4.78 is 6.08. The normalized spacial score (nSPS) is 10.8. The smallest absolute Gasteiger partial charge is 0.236 e. The van der Waals surface area contributed by atoms with Crippen molar-refractivity contribution in [3.8, 4) is 11.4 Å². The highest BCUT2D eigenvalue weighted by Crippen LogP contribution is 2.26. The van der Waals surface area contributed by atoms with Crippen molar-refractivity contribution in [3.63, 3.8) is 0 Å². The lowest BCUT2D eigenvalue weighted by Gasteiger charge is -1.94. The summed E-state index contributed by atoms with van der Waals surface area (Å²) in [6, 6.07) is 13.8. The summed E-state index contributed by atoms with van der Waals surface area (Å²) in [5.74, 6) is 2.90. The minimum atomic E-state index is 0.639. The van der Waals surface area contributed by atoms with Gasteiger partial charge in [-0.05, 0) is 12.1 Å². The second-order valence-corrected chi connectivity index (χ2v) is 6.86. The van der Waals surface area contributed by atoms with Gasteiger partial charge in [0.25, 0.3) is 0 Å². The Kier molecular flexibility index (Phi) is 4.40. The van der Waals surface area contributed by atoms with Crippen LogP contribution in [0, 0.1) is 0 Å². The summed E-state index contributed by atoms with van der Waals surface area (Å²) >= 11 is 9.24. The van der Waals surface area contributed by atoms with E-state index >= 15 is 0 Å². The van der Waals surface area contributed by atoms with Gasteiger partial charge in [-0.2, -0.15) is 4.98 Å². The van der Waals surface area contributed by atoms with Gasteiger partial charge in [-0.1, -0.05) is 47.1 Å². The minimum absolute atomic E-state index is 0.639. The maximum atomic E-state index is 5.90. The molecular formula is C14H11ClN2OS2. The maximum Gasteiger partial charge on any atom is 0.236 e. The molecule has 102 valence electrons. The van der Waals surface area contributed by atoms with Crippen LogP contribution in [0.1, 0.15) is 10.8 Å². The van der Waals surface area contributed by atoms with E-state index in [4.69, 9.17) is 16.1 Å². The van der Waals surface area contributed by atoms with Gasteiger partial charge in [0.05, 0.1) is 10.1 Å². The van der Waals surface area contributed by atoms with Gasteiger partial charge in [-0.3, -0.25) is 0 Å². The standard InChI is InChI=1S/C14H11ClN2OS2/c15-12-7-6-11(20-12)8-19-9-13-16-14(17-18-13)10-4-2-1-3-5-10/h1-7H,8-9H2. The van der Waals surface area contributed by atoms with Crippen molar-refractivity contribution in [2.24, 2.45) is 0 Å². The number of rotatable bonds is 5. The molecule has 0 aliphatic carbocycles. The van der Waals surface area contributed by atoms with Gasteiger partial charge in [-0.15, -0.1) is 23.1 Å². The first-order valence-corrected chi connectivity index (χ1v) is 8.36. The zero-order valence-electron chi connectivity index (χ0n) is 10.5. The molecule has 2 heterocycles. The summed E-state index contributed by atoms with van der Waals surface area (Å²) in [5, 5.41) is 4.00. The molecule has 0 aliphatic heterocycles. The zero-order valence-corrected chi connectivity index (χ0v) is 12.8. The third kappa shape index (κ3) is 3.42. The van der Waals surface area contributed by atoms with E-state index in [-0.39, 0.29) is 0 Å². The number of hydrogen-bond acceptors (Lipinski definition) is 5. The average Bonchev–Trinajstić information content (AvgIpc) is 3.09. The molecule has 0 aliphatic rings. The number of thiophene rings is 1. The van der Waals surface area contributed by atoms with E-state index < -0.39 is 0 Å². The molecule has 3 rings (SSSR count). The summed E-state index contributed by atoms with van der Waals surface area (Å²) in [4.78, 5) is 5.65. The number of halogens is 1. The lowest BCUT2D eigenvalue weighted by atomic mass is 10.2. The summed E-state index contributed by atoms with van der Waals surface area (Å²) in [6.45, 7) is 0. The molecule has 0 spiro atoms. The fourth-order valence-corrected chi connectivity index (χ4v) is 3.75. The van der Waals surface area contributed by atoms with Crippen LogP contribution in [-0.4, -0.2) is 10.1 Å². The molecule has 0 amide bonds. The number of benzene rings is 1. The third-order valence-corrected chi connectivity index (χ3v) is 4.98. The van der Waals surface area contributed by atoms with E-state index in [1.54, 1.807) is 23.1 Å². The molecule has 1 aromatic carbocycles. The maximum absolute atomic E-state index is 5.90. The minimum Gasteiger partial charge on any atom is -0.338 e. The lowest BCUT2D eigenvalue weighted by Crippen LogP contribution is -1.83. The topological polar surface area (TPSA) is 38.9 Å². The van der Waals surface area contributed by atoms with Crippen molar-refractivity contribution < 1.29 is 4.52 Å². The van der Waals surface area contributed by atoms with E-state index in [9.17, 15) is 0 Å². The van der Waals surface area contributed by atoms with E-state index in [1.807, 2.05) is 42.5 Å². The van der Waals surface area contributed by atoms with Crippen LogP contribution in [0.5, 0.6) is 0 Å². The predicted octanol–water partition coefficient (Wildman–Crippen LogP) is 4.88. The fourth-order valence-electron chi connectivity index (χ4n) is 1.69. The first kappa shape index (κ1) is 13.7. The summed E-state index contributed by atoms with van der Waals surface area (Å²) in [7, 11) is 0. The molecule has 3 aromatic rings. The Balaban J connectivity index is 1.58. The highest BCUT2D eigenvalue weighted by Gasteiger charge is 2.08. The monoisotopic (exact) mass is 322 g/mol. The van der Waals surface area contributed by atoms with Gasteiger partial charge >= 0.3 is 0 Å². The highest BCUT2D eigenvalue weighted by atomic mass is 35.5. The van der Waals surface area contributed by atoms with E-state index in [0.717, 1.165) is 15.7 Å². The molecule has 0 bridgehead atoms. The molecular weight excluding hydrogens is 312 g/mol. The van der Waals surface area contributed by atoms with E-state index in [0.29, 0.717) is 17.5 Å². The van der Waals surface area contributed by atoms with Gasteiger partial charge in [-0.25, -0.2) is 0 Å². The number of nitrogens with zero attached hydrogens (tertiary/aromatic N) is 2. The molecule has 0 saturated carbocycles. The summed E-state index contributed by atoms with van der Waals surface area (Å²) in [6.07, 6.45) is 0. The molecule has 0 unspecified atom stereocenters. The molecule has 0 saturated heterocycles. The van der Waals surface area contributed by atoms with Crippen molar-refractivity contribution in [2.45, 2.75) is 11.5 Å². The van der Waals surface area contributed by atoms with E-state index in [2.05, 4.69) is 10.1 Å². The Morgan fingerprint density at radius 3 is 2.70 bits per heavy atom. The Morgan fingerprint density at radius 1 is 1.10 bits per heavy atom. The SMILES string of the molecule is Clc1ccc(CSCc2nc(-c3ccccc3)no2)s1. The first-order valence-electron chi connectivity index (χ1n) is 6.01. The number of hydrogen-bond donors (Lipinski definition) is 0. The van der Waals surface area contributed by atoms with E-state index in [1.165, 1.54) is 4.88 Å². The van der Waals surface area contributed by atoms with Crippen LogP contribution in [0.3, 0.4) is 0 Å². The Labute approximate surface area is 130 Å². The molecule has 2 aromatic heterocycles. The molecule has 0 N–H and O–H groups in total. The Morgan fingerprint density at radius 2 is 1.95 bits per heavy atom. The quantitative estimate of drug-likeness (QED) is 0.670. The highest BCUT2D eigenvalue weighted by molar-refractivity contribution is 7.97. The zero-order chi connectivity index (χ0) is 13.8. The fraction of sp³-hybridized carbons (Fsp3) is 0.143. The molecule has 0 radical (unpaired) electrons. The van der Waals surface area contributed by atoms with Crippen molar-refractivity contribution >= 4 is 34.7 Å². The van der Waals surface area contributed by atoms with Gasteiger partial charge in [0.2, 0.25) is 11.7 Å². The second kappa shape index (κ2) is 6.43. The van der Waals surface area contributed by atoms with Crippen LogP contribution >= 0.6 is 34.7 Å². The second-order valence-electron chi connectivity index (χ2n) is 4.08. The van der Waals surface area contributed by atoms with Crippen molar-refractivity contribution in [1.29, 1.82) is 0 Å². The summed E-state index contributed by atoms with van der Waals surface area (Å²) in [5.41, 5.74) is 0.970. The van der Waals surface area contributed by atoms with Gasteiger partial charge in [0.15, 0.2) is 0 Å². The predicted molar refractivity (Wildman–Crippen MR) is 84.1 cm³/mol. The Hall–Kier alpha value is -1.30. The average molecular weight is 323 g/mol. The molecule has 0 atom stereocenters. The van der Waals surface area contributed by atoms with Crippen LogP contribution in [0.25, 0.3) is 11.4 Å². The number of thioether (sulfide) groups is 1. The van der Waals surface area contributed by atoms with Gasteiger partial charge < -0.3 is 4.52 Å². The van der Waals surface area contributed by atoms with Crippen molar-refractivity contribution in [2.75, 3.05) is 0 Å². The molecule has 3 nitrogen and oxygen atoms in total. The molecule has 6 heteroatoms.